The highest BCUT2D eigenvalue weighted by Crippen LogP contribution is 2.37. The predicted octanol–water partition coefficient (Wildman–Crippen LogP) is 5.12. The van der Waals surface area contributed by atoms with Gasteiger partial charge in [0.2, 0.25) is 5.88 Å². The molecule has 30 heavy (non-hydrogen) atoms. The lowest BCUT2D eigenvalue weighted by Gasteiger charge is -2.10. The molecule has 0 aromatic carbocycles. The van der Waals surface area contributed by atoms with Crippen molar-refractivity contribution in [3.05, 3.63) is 53.2 Å². The monoisotopic (exact) mass is 425 g/mol. The van der Waals surface area contributed by atoms with E-state index in [0.717, 1.165) is 17.7 Å². The van der Waals surface area contributed by atoms with E-state index in [-0.39, 0.29) is 11.9 Å². The number of H-pyrrole nitrogens is 1. The van der Waals surface area contributed by atoms with Crippen molar-refractivity contribution in [2.24, 2.45) is 0 Å². The standard InChI is InChI=1S/C21H20ClN5O3/c1-4-12-6-14(10-23-8-12)30-21-26-19-17(18(22)16(5-2)25-19)20(27-21)29-15-7-13(28-3)9-24-11-15/h6-11H,4-5H2,1-3H3,(H,25,26,27). The number of hydrogen-bond donors (Lipinski definition) is 1. The summed E-state index contributed by atoms with van der Waals surface area (Å²) in [6.07, 6.45) is 8.09. The normalized spacial score (nSPS) is 10.9. The van der Waals surface area contributed by atoms with Gasteiger partial charge in [-0.3, -0.25) is 9.97 Å². The van der Waals surface area contributed by atoms with Crippen LogP contribution in [0.15, 0.2) is 36.9 Å². The fraction of sp³-hybridized carbons (Fsp3) is 0.238. The summed E-state index contributed by atoms with van der Waals surface area (Å²) in [5.74, 6) is 1.80. The van der Waals surface area contributed by atoms with Crippen LogP contribution in [0.5, 0.6) is 29.1 Å². The number of rotatable bonds is 7. The van der Waals surface area contributed by atoms with E-state index in [1.807, 2.05) is 19.9 Å². The van der Waals surface area contributed by atoms with Gasteiger partial charge in [0.05, 0.1) is 30.7 Å². The van der Waals surface area contributed by atoms with Gasteiger partial charge < -0.3 is 19.2 Å². The SMILES string of the molecule is CCc1cncc(Oc2nc(Oc3cncc(OC)c3)c3c(Cl)c(CC)[nH]c3n2)c1. The van der Waals surface area contributed by atoms with Gasteiger partial charge in [0, 0.05) is 18.0 Å². The van der Waals surface area contributed by atoms with Crippen LogP contribution in [0.1, 0.15) is 25.1 Å². The highest BCUT2D eigenvalue weighted by atomic mass is 35.5. The van der Waals surface area contributed by atoms with Gasteiger partial charge in [0.25, 0.3) is 0 Å². The molecule has 0 radical (unpaired) electrons. The summed E-state index contributed by atoms with van der Waals surface area (Å²) in [5.41, 5.74) is 2.40. The number of aryl methyl sites for hydroxylation is 2. The summed E-state index contributed by atoms with van der Waals surface area (Å²) in [6, 6.07) is 3.72. The molecule has 0 spiro atoms. The number of nitrogens with zero attached hydrogens (tertiary/aromatic N) is 4. The molecule has 0 saturated heterocycles. The summed E-state index contributed by atoms with van der Waals surface area (Å²) in [7, 11) is 1.56. The lowest BCUT2D eigenvalue weighted by atomic mass is 10.2. The Balaban J connectivity index is 1.78. The lowest BCUT2D eigenvalue weighted by molar-refractivity contribution is 0.399. The highest BCUT2D eigenvalue weighted by molar-refractivity contribution is 6.36. The molecule has 8 nitrogen and oxygen atoms in total. The number of fused-ring (bicyclic) bond motifs is 1. The number of aromatic nitrogens is 5. The van der Waals surface area contributed by atoms with Crippen molar-refractivity contribution in [1.82, 2.24) is 24.9 Å². The van der Waals surface area contributed by atoms with Crippen LogP contribution < -0.4 is 14.2 Å². The van der Waals surface area contributed by atoms with Crippen molar-refractivity contribution in [2.75, 3.05) is 7.11 Å². The molecule has 154 valence electrons. The molecular weight excluding hydrogens is 406 g/mol. The maximum atomic E-state index is 6.56. The second-order valence-corrected chi connectivity index (χ2v) is 6.83. The number of methoxy groups -OCH3 is 1. The van der Waals surface area contributed by atoms with Crippen molar-refractivity contribution in [2.45, 2.75) is 26.7 Å². The number of ether oxygens (including phenoxy) is 3. The molecule has 0 aliphatic rings. The largest absolute Gasteiger partial charge is 0.495 e. The van der Waals surface area contributed by atoms with Gasteiger partial charge in [0.1, 0.15) is 22.5 Å². The van der Waals surface area contributed by atoms with Crippen LogP contribution in [-0.2, 0) is 12.8 Å². The Bertz CT molecular complexity index is 1190. The lowest BCUT2D eigenvalue weighted by Crippen LogP contribution is -1.98. The zero-order valence-electron chi connectivity index (χ0n) is 16.8. The van der Waals surface area contributed by atoms with Crippen molar-refractivity contribution in [3.8, 4) is 29.1 Å². The summed E-state index contributed by atoms with van der Waals surface area (Å²) in [4.78, 5) is 20.4. The highest BCUT2D eigenvalue weighted by Gasteiger charge is 2.19. The maximum absolute atomic E-state index is 6.56. The Morgan fingerprint density at radius 2 is 1.63 bits per heavy atom. The van der Waals surface area contributed by atoms with E-state index in [2.05, 4.69) is 24.9 Å². The number of hydrogen-bond acceptors (Lipinski definition) is 7. The second kappa shape index (κ2) is 8.54. The van der Waals surface area contributed by atoms with E-state index in [0.29, 0.717) is 39.7 Å². The van der Waals surface area contributed by atoms with E-state index in [1.165, 1.54) is 0 Å². The quantitative estimate of drug-likeness (QED) is 0.439. The van der Waals surface area contributed by atoms with Crippen molar-refractivity contribution < 1.29 is 14.2 Å². The van der Waals surface area contributed by atoms with Gasteiger partial charge in [-0.05, 0) is 24.5 Å². The molecular formula is C21H20ClN5O3. The first-order valence-electron chi connectivity index (χ1n) is 9.48. The van der Waals surface area contributed by atoms with Crippen molar-refractivity contribution in [1.29, 1.82) is 0 Å². The smallest absolute Gasteiger partial charge is 0.327 e. The summed E-state index contributed by atoms with van der Waals surface area (Å²) < 4.78 is 17.1. The number of pyridine rings is 2. The van der Waals surface area contributed by atoms with Gasteiger partial charge in [-0.25, -0.2) is 0 Å². The minimum absolute atomic E-state index is 0.115. The van der Waals surface area contributed by atoms with Crippen LogP contribution >= 0.6 is 11.6 Å². The fourth-order valence-corrected chi connectivity index (χ4v) is 3.27. The molecule has 0 unspecified atom stereocenters. The minimum atomic E-state index is 0.115. The molecule has 9 heteroatoms. The topological polar surface area (TPSA) is 95.0 Å². The zero-order valence-corrected chi connectivity index (χ0v) is 17.5. The van der Waals surface area contributed by atoms with Gasteiger partial charge >= 0.3 is 6.01 Å². The average molecular weight is 426 g/mol. The Kier molecular flexibility index (Phi) is 5.67. The fourth-order valence-electron chi connectivity index (χ4n) is 2.92. The van der Waals surface area contributed by atoms with E-state index in [1.54, 1.807) is 38.0 Å². The second-order valence-electron chi connectivity index (χ2n) is 6.45. The molecule has 0 bridgehead atoms. The van der Waals surface area contributed by atoms with Crippen LogP contribution in [0.2, 0.25) is 5.02 Å². The molecule has 4 heterocycles. The summed E-state index contributed by atoms with van der Waals surface area (Å²) in [5, 5.41) is 1.09. The molecule has 0 amide bonds. The van der Waals surface area contributed by atoms with Crippen LogP contribution in [0.25, 0.3) is 11.0 Å². The van der Waals surface area contributed by atoms with Crippen molar-refractivity contribution >= 4 is 22.6 Å². The Hall–Kier alpha value is -3.39. The molecule has 1 N–H and O–H groups in total. The molecule has 4 aromatic rings. The molecule has 0 aliphatic carbocycles. The van der Waals surface area contributed by atoms with E-state index in [9.17, 15) is 0 Å². The average Bonchev–Trinajstić information content (AvgIpc) is 3.09. The Morgan fingerprint density at radius 1 is 0.900 bits per heavy atom. The van der Waals surface area contributed by atoms with E-state index < -0.39 is 0 Å². The van der Waals surface area contributed by atoms with E-state index >= 15 is 0 Å². The van der Waals surface area contributed by atoms with Gasteiger partial charge in [0.15, 0.2) is 5.75 Å². The molecule has 0 fully saturated rings. The molecule has 0 atom stereocenters. The maximum Gasteiger partial charge on any atom is 0.327 e. The third kappa shape index (κ3) is 3.99. The predicted molar refractivity (Wildman–Crippen MR) is 113 cm³/mol. The minimum Gasteiger partial charge on any atom is -0.495 e. The molecule has 0 aliphatic heterocycles. The molecule has 4 rings (SSSR count). The van der Waals surface area contributed by atoms with Crippen LogP contribution in [-0.4, -0.2) is 32.0 Å². The first-order valence-corrected chi connectivity index (χ1v) is 9.85. The Labute approximate surface area is 178 Å². The van der Waals surface area contributed by atoms with Crippen molar-refractivity contribution in [3.63, 3.8) is 0 Å². The third-order valence-corrected chi connectivity index (χ3v) is 4.91. The zero-order chi connectivity index (χ0) is 21.1. The molecule has 4 aromatic heterocycles. The number of nitrogens with one attached hydrogen (secondary N) is 1. The molecule has 0 saturated carbocycles. The third-order valence-electron chi connectivity index (χ3n) is 4.49. The number of halogens is 1. The van der Waals surface area contributed by atoms with Crippen LogP contribution in [0.4, 0.5) is 0 Å². The summed E-state index contributed by atoms with van der Waals surface area (Å²) in [6.45, 7) is 4.04. The Morgan fingerprint density at radius 3 is 2.37 bits per heavy atom. The van der Waals surface area contributed by atoms with Crippen LogP contribution in [0, 0.1) is 0 Å². The van der Waals surface area contributed by atoms with E-state index in [4.69, 9.17) is 25.8 Å². The van der Waals surface area contributed by atoms with Gasteiger partial charge in [-0.15, -0.1) is 0 Å². The van der Waals surface area contributed by atoms with Crippen LogP contribution in [0.3, 0.4) is 0 Å². The van der Waals surface area contributed by atoms with Gasteiger partial charge in [-0.1, -0.05) is 25.4 Å². The first kappa shape index (κ1) is 19.9. The number of aromatic amines is 1. The van der Waals surface area contributed by atoms with Gasteiger partial charge in [-0.2, -0.15) is 9.97 Å². The first-order chi connectivity index (χ1) is 14.6. The summed E-state index contributed by atoms with van der Waals surface area (Å²) >= 11 is 6.56.